The van der Waals surface area contributed by atoms with E-state index in [0.717, 1.165) is 13.0 Å². The standard InChI is InChI=1S/C13H14FN3O/c14-12-5-9(6-15)1-2-10(12)7-17-4-3-11(8-17)13(16)18/h1-2,5,11H,3-4,7-8H2,(H2,16,18). The van der Waals surface area contributed by atoms with Crippen molar-refractivity contribution >= 4 is 5.91 Å². The summed E-state index contributed by atoms with van der Waals surface area (Å²) in [6.45, 7) is 1.77. The lowest BCUT2D eigenvalue weighted by Gasteiger charge is -2.15. The van der Waals surface area contributed by atoms with E-state index in [0.29, 0.717) is 24.2 Å². The second-order valence-corrected chi connectivity index (χ2v) is 4.54. The van der Waals surface area contributed by atoms with Crippen LogP contribution in [0.2, 0.25) is 0 Å². The maximum atomic E-state index is 13.7. The van der Waals surface area contributed by atoms with Crippen LogP contribution in [0.15, 0.2) is 18.2 Å². The fraction of sp³-hybridized carbons (Fsp3) is 0.385. The first kappa shape index (κ1) is 12.5. The van der Waals surface area contributed by atoms with Gasteiger partial charge in [0.05, 0.1) is 17.6 Å². The molecule has 1 aliphatic rings. The molecule has 1 heterocycles. The molecule has 1 saturated heterocycles. The van der Waals surface area contributed by atoms with E-state index in [4.69, 9.17) is 11.0 Å². The Kier molecular flexibility index (Phi) is 3.58. The summed E-state index contributed by atoms with van der Waals surface area (Å²) in [5.41, 5.74) is 6.10. The predicted octanol–water partition coefficient (Wildman–Crippen LogP) is 1.00. The van der Waals surface area contributed by atoms with Crippen LogP contribution in [0.3, 0.4) is 0 Å². The zero-order chi connectivity index (χ0) is 13.1. The van der Waals surface area contributed by atoms with Gasteiger partial charge >= 0.3 is 0 Å². The van der Waals surface area contributed by atoms with Crippen LogP contribution in [0.25, 0.3) is 0 Å². The minimum atomic E-state index is -0.378. The number of carbonyl (C=O) groups is 1. The van der Waals surface area contributed by atoms with E-state index in [1.54, 1.807) is 12.1 Å². The molecule has 0 saturated carbocycles. The molecule has 1 aromatic carbocycles. The molecule has 1 aromatic rings. The normalized spacial score (nSPS) is 19.7. The Balaban J connectivity index is 2.03. The number of halogens is 1. The molecule has 1 amide bonds. The van der Waals surface area contributed by atoms with Crippen molar-refractivity contribution in [1.82, 2.24) is 4.90 Å². The molecule has 18 heavy (non-hydrogen) atoms. The number of primary amides is 1. The summed E-state index contributed by atoms with van der Waals surface area (Å²) in [4.78, 5) is 13.0. The van der Waals surface area contributed by atoms with E-state index in [2.05, 4.69) is 0 Å². The van der Waals surface area contributed by atoms with Crippen LogP contribution in [-0.2, 0) is 11.3 Å². The lowest BCUT2D eigenvalue weighted by molar-refractivity contribution is -0.121. The number of nitrogens with zero attached hydrogens (tertiary/aromatic N) is 2. The number of nitriles is 1. The van der Waals surface area contributed by atoms with Gasteiger partial charge in [-0.1, -0.05) is 6.07 Å². The van der Waals surface area contributed by atoms with E-state index in [1.807, 2.05) is 11.0 Å². The number of hydrogen-bond donors (Lipinski definition) is 1. The summed E-state index contributed by atoms with van der Waals surface area (Å²) >= 11 is 0. The third-order valence-corrected chi connectivity index (χ3v) is 3.25. The third-order valence-electron chi connectivity index (χ3n) is 3.25. The van der Waals surface area contributed by atoms with Gasteiger partial charge in [-0.2, -0.15) is 5.26 Å². The Morgan fingerprint density at radius 1 is 1.61 bits per heavy atom. The zero-order valence-electron chi connectivity index (χ0n) is 9.90. The van der Waals surface area contributed by atoms with Crippen molar-refractivity contribution in [2.24, 2.45) is 11.7 Å². The number of nitrogens with two attached hydrogens (primary N) is 1. The summed E-state index contributed by atoms with van der Waals surface area (Å²) in [5.74, 6) is -0.805. The van der Waals surface area contributed by atoms with Gasteiger partial charge in [0.2, 0.25) is 5.91 Å². The third kappa shape index (κ3) is 2.66. The lowest BCUT2D eigenvalue weighted by Crippen LogP contribution is -2.27. The van der Waals surface area contributed by atoms with Gasteiger partial charge in [0.15, 0.2) is 0 Å². The Morgan fingerprint density at radius 2 is 2.39 bits per heavy atom. The zero-order valence-corrected chi connectivity index (χ0v) is 9.90. The van der Waals surface area contributed by atoms with Crippen molar-refractivity contribution in [3.8, 4) is 6.07 Å². The minimum absolute atomic E-state index is 0.133. The monoisotopic (exact) mass is 247 g/mol. The summed E-state index contributed by atoms with van der Waals surface area (Å²) in [7, 11) is 0. The summed E-state index contributed by atoms with van der Waals surface area (Å²) in [6.07, 6.45) is 0.729. The van der Waals surface area contributed by atoms with E-state index >= 15 is 0 Å². The van der Waals surface area contributed by atoms with Gasteiger partial charge in [0.1, 0.15) is 5.82 Å². The number of carbonyl (C=O) groups excluding carboxylic acids is 1. The molecule has 5 heteroatoms. The topological polar surface area (TPSA) is 70.1 Å². The smallest absolute Gasteiger partial charge is 0.221 e. The van der Waals surface area contributed by atoms with Crippen LogP contribution in [0, 0.1) is 23.1 Å². The van der Waals surface area contributed by atoms with Crippen LogP contribution < -0.4 is 5.73 Å². The van der Waals surface area contributed by atoms with Gasteiger partial charge in [0.25, 0.3) is 0 Å². The molecule has 0 aliphatic carbocycles. The molecule has 1 unspecified atom stereocenters. The highest BCUT2D eigenvalue weighted by molar-refractivity contribution is 5.77. The van der Waals surface area contributed by atoms with Crippen LogP contribution in [0.1, 0.15) is 17.5 Å². The van der Waals surface area contributed by atoms with Crippen LogP contribution in [-0.4, -0.2) is 23.9 Å². The number of likely N-dealkylation sites (tertiary alicyclic amines) is 1. The maximum Gasteiger partial charge on any atom is 0.221 e. The van der Waals surface area contributed by atoms with Crippen LogP contribution in [0.5, 0.6) is 0 Å². The van der Waals surface area contributed by atoms with E-state index < -0.39 is 0 Å². The Morgan fingerprint density at radius 3 is 2.94 bits per heavy atom. The molecule has 2 rings (SSSR count). The minimum Gasteiger partial charge on any atom is -0.369 e. The highest BCUT2D eigenvalue weighted by atomic mass is 19.1. The van der Waals surface area contributed by atoms with Gasteiger partial charge in [0, 0.05) is 18.7 Å². The molecular formula is C13H14FN3O. The summed E-state index contributed by atoms with van der Waals surface area (Å²) in [6, 6.07) is 6.34. The molecule has 0 radical (unpaired) electrons. The molecular weight excluding hydrogens is 233 g/mol. The maximum absolute atomic E-state index is 13.7. The highest BCUT2D eigenvalue weighted by Crippen LogP contribution is 2.20. The van der Waals surface area contributed by atoms with Gasteiger partial charge in [-0.3, -0.25) is 9.69 Å². The predicted molar refractivity (Wildman–Crippen MR) is 63.7 cm³/mol. The van der Waals surface area contributed by atoms with Crippen molar-refractivity contribution in [2.45, 2.75) is 13.0 Å². The lowest BCUT2D eigenvalue weighted by atomic mass is 10.1. The molecule has 0 aromatic heterocycles. The number of rotatable bonds is 3. The molecule has 1 fully saturated rings. The SMILES string of the molecule is N#Cc1ccc(CN2CCC(C(N)=O)C2)c(F)c1. The Hall–Kier alpha value is -1.93. The van der Waals surface area contributed by atoms with Gasteiger partial charge in [-0.05, 0) is 25.1 Å². The van der Waals surface area contributed by atoms with Crippen molar-refractivity contribution in [3.05, 3.63) is 35.1 Å². The van der Waals surface area contributed by atoms with Gasteiger partial charge in [-0.15, -0.1) is 0 Å². The fourth-order valence-corrected chi connectivity index (χ4v) is 2.19. The second-order valence-electron chi connectivity index (χ2n) is 4.54. The largest absolute Gasteiger partial charge is 0.369 e. The quantitative estimate of drug-likeness (QED) is 0.866. The van der Waals surface area contributed by atoms with E-state index in [9.17, 15) is 9.18 Å². The fourth-order valence-electron chi connectivity index (χ4n) is 2.19. The van der Waals surface area contributed by atoms with Crippen LogP contribution >= 0.6 is 0 Å². The molecule has 4 nitrogen and oxygen atoms in total. The molecule has 0 spiro atoms. The summed E-state index contributed by atoms with van der Waals surface area (Å²) in [5, 5.41) is 8.65. The number of amides is 1. The average Bonchev–Trinajstić information content (AvgIpc) is 2.80. The average molecular weight is 247 g/mol. The van der Waals surface area contributed by atoms with Crippen LogP contribution in [0.4, 0.5) is 4.39 Å². The number of benzene rings is 1. The van der Waals surface area contributed by atoms with Gasteiger partial charge in [-0.25, -0.2) is 4.39 Å². The molecule has 1 atom stereocenters. The van der Waals surface area contributed by atoms with E-state index in [1.165, 1.54) is 6.07 Å². The first-order chi connectivity index (χ1) is 8.60. The highest BCUT2D eigenvalue weighted by Gasteiger charge is 2.26. The Bertz CT molecular complexity index is 509. The van der Waals surface area contributed by atoms with Crippen molar-refractivity contribution in [2.75, 3.05) is 13.1 Å². The number of hydrogen-bond acceptors (Lipinski definition) is 3. The molecule has 2 N–H and O–H groups in total. The van der Waals surface area contributed by atoms with Crippen molar-refractivity contribution in [3.63, 3.8) is 0 Å². The molecule has 94 valence electrons. The van der Waals surface area contributed by atoms with E-state index in [-0.39, 0.29) is 17.6 Å². The Labute approximate surface area is 105 Å². The first-order valence-corrected chi connectivity index (χ1v) is 5.80. The van der Waals surface area contributed by atoms with Crippen molar-refractivity contribution < 1.29 is 9.18 Å². The molecule has 0 bridgehead atoms. The molecule has 1 aliphatic heterocycles. The second kappa shape index (κ2) is 5.15. The van der Waals surface area contributed by atoms with Crippen molar-refractivity contribution in [1.29, 1.82) is 5.26 Å². The first-order valence-electron chi connectivity index (χ1n) is 5.80. The summed E-state index contributed by atoms with van der Waals surface area (Å²) < 4.78 is 13.7. The van der Waals surface area contributed by atoms with Gasteiger partial charge < -0.3 is 5.73 Å².